The van der Waals surface area contributed by atoms with Crippen LogP contribution in [0.5, 0.6) is 0 Å². The summed E-state index contributed by atoms with van der Waals surface area (Å²) in [5, 5.41) is 3.29. The number of imidazole rings is 1. The van der Waals surface area contributed by atoms with E-state index < -0.39 is 0 Å². The lowest BCUT2D eigenvalue weighted by atomic mass is 9.49. The Hall–Kier alpha value is -1.84. The minimum absolute atomic E-state index is 0.0337. The van der Waals surface area contributed by atoms with Gasteiger partial charge in [-0.1, -0.05) is 6.07 Å². The number of aromatic nitrogens is 2. The topological polar surface area (TPSA) is 46.4 Å². The zero-order chi connectivity index (χ0) is 17.2. The predicted octanol–water partition coefficient (Wildman–Crippen LogP) is 3.90. The monoisotopic (exact) mass is 337 g/mol. The van der Waals surface area contributed by atoms with Crippen LogP contribution >= 0.6 is 0 Å². The van der Waals surface area contributed by atoms with Gasteiger partial charge in [-0.15, -0.1) is 0 Å². The third-order valence-electron chi connectivity index (χ3n) is 6.94. The highest BCUT2D eigenvalue weighted by molar-refractivity contribution is 5.94. The average Bonchev–Trinajstić information content (AvgIpc) is 2.86. The number of fused-ring (bicyclic) bond motifs is 1. The molecule has 6 rings (SSSR count). The van der Waals surface area contributed by atoms with Gasteiger partial charge in [0.2, 0.25) is 0 Å². The highest BCUT2D eigenvalue weighted by Crippen LogP contribution is 2.59. The Labute approximate surface area is 149 Å². The smallest absolute Gasteiger partial charge is 0.270 e. The van der Waals surface area contributed by atoms with Crippen LogP contribution in [0.15, 0.2) is 18.3 Å². The Morgan fingerprint density at radius 3 is 2.44 bits per heavy atom. The number of amides is 1. The first-order valence-electron chi connectivity index (χ1n) is 9.75. The number of hydrogen-bond acceptors (Lipinski definition) is 2. The molecule has 0 spiro atoms. The number of carbonyl (C=O) groups excluding carboxylic acids is 1. The fourth-order valence-corrected chi connectivity index (χ4v) is 6.40. The summed E-state index contributed by atoms with van der Waals surface area (Å²) in [4.78, 5) is 17.5. The molecule has 25 heavy (non-hydrogen) atoms. The van der Waals surface area contributed by atoms with E-state index in [1.807, 2.05) is 36.6 Å². The van der Waals surface area contributed by atoms with Gasteiger partial charge < -0.3 is 5.32 Å². The van der Waals surface area contributed by atoms with E-state index in [0.717, 1.165) is 41.2 Å². The maximum atomic E-state index is 13.0. The van der Waals surface area contributed by atoms with Crippen molar-refractivity contribution in [3.63, 3.8) is 0 Å². The van der Waals surface area contributed by atoms with Gasteiger partial charge in [-0.2, -0.15) is 0 Å². The minimum Gasteiger partial charge on any atom is -0.350 e. The number of aryl methyl sites for hydroxylation is 2. The number of rotatable bonds is 3. The number of carbonyl (C=O) groups is 1. The molecule has 0 saturated heterocycles. The van der Waals surface area contributed by atoms with E-state index in [4.69, 9.17) is 0 Å². The molecule has 0 unspecified atom stereocenters. The van der Waals surface area contributed by atoms with Crippen LogP contribution < -0.4 is 5.32 Å². The van der Waals surface area contributed by atoms with E-state index in [-0.39, 0.29) is 5.91 Å². The van der Waals surface area contributed by atoms with E-state index in [9.17, 15) is 4.79 Å². The van der Waals surface area contributed by atoms with Crippen LogP contribution in [0.4, 0.5) is 0 Å². The van der Waals surface area contributed by atoms with Crippen molar-refractivity contribution in [2.45, 2.75) is 52.4 Å². The lowest BCUT2D eigenvalue weighted by Crippen LogP contribution is -2.51. The Balaban J connectivity index is 1.38. The molecule has 4 heteroatoms. The molecular weight excluding hydrogens is 310 g/mol. The zero-order valence-electron chi connectivity index (χ0n) is 15.2. The van der Waals surface area contributed by atoms with Crippen molar-refractivity contribution in [2.75, 3.05) is 6.54 Å². The second kappa shape index (κ2) is 5.33. The maximum Gasteiger partial charge on any atom is 0.270 e. The van der Waals surface area contributed by atoms with Crippen molar-refractivity contribution in [1.82, 2.24) is 14.7 Å². The summed E-state index contributed by atoms with van der Waals surface area (Å²) >= 11 is 0. The van der Waals surface area contributed by atoms with Crippen LogP contribution in [0.1, 0.15) is 60.3 Å². The molecule has 4 saturated carbocycles. The molecule has 2 aromatic rings. The summed E-state index contributed by atoms with van der Waals surface area (Å²) in [5.74, 6) is 2.79. The Kier molecular flexibility index (Phi) is 3.28. The van der Waals surface area contributed by atoms with Crippen LogP contribution in [0.25, 0.3) is 5.65 Å². The molecule has 1 amide bonds. The summed E-state index contributed by atoms with van der Waals surface area (Å²) in [6.45, 7) is 4.82. The Morgan fingerprint density at radius 1 is 1.16 bits per heavy atom. The molecule has 2 aromatic heterocycles. The molecule has 0 radical (unpaired) electrons. The molecule has 132 valence electrons. The number of nitrogens with zero attached hydrogens (tertiary/aromatic N) is 2. The third-order valence-corrected chi connectivity index (χ3v) is 6.94. The Morgan fingerprint density at radius 2 is 1.80 bits per heavy atom. The molecule has 4 bridgehead atoms. The minimum atomic E-state index is 0.0337. The van der Waals surface area contributed by atoms with Crippen molar-refractivity contribution in [1.29, 1.82) is 0 Å². The van der Waals surface area contributed by atoms with E-state index in [1.165, 1.54) is 38.5 Å². The van der Waals surface area contributed by atoms with E-state index in [0.29, 0.717) is 11.1 Å². The maximum absolute atomic E-state index is 13.0. The fraction of sp³-hybridized carbons (Fsp3) is 0.619. The summed E-state index contributed by atoms with van der Waals surface area (Å²) in [7, 11) is 0. The second-order valence-corrected chi connectivity index (χ2v) is 9.08. The van der Waals surface area contributed by atoms with Crippen LogP contribution in [0.2, 0.25) is 0 Å². The molecule has 2 heterocycles. The van der Waals surface area contributed by atoms with Gasteiger partial charge in [0.25, 0.3) is 5.91 Å². The zero-order valence-corrected chi connectivity index (χ0v) is 15.2. The van der Waals surface area contributed by atoms with Crippen LogP contribution in [0, 0.1) is 37.0 Å². The largest absolute Gasteiger partial charge is 0.350 e. The highest BCUT2D eigenvalue weighted by Gasteiger charge is 2.50. The van der Waals surface area contributed by atoms with Crippen LogP contribution in [0.3, 0.4) is 0 Å². The van der Waals surface area contributed by atoms with Crippen molar-refractivity contribution < 1.29 is 4.79 Å². The molecule has 1 N–H and O–H groups in total. The summed E-state index contributed by atoms with van der Waals surface area (Å²) in [5.41, 5.74) is 3.87. The van der Waals surface area contributed by atoms with E-state index in [2.05, 4.69) is 10.3 Å². The number of nitrogens with one attached hydrogen (secondary N) is 1. The second-order valence-electron chi connectivity index (χ2n) is 9.08. The SMILES string of the molecule is Cc1ccc2nc(C)c(C(=O)NCC34CC5CC(CC(C5)C3)C4)n2c1. The fourth-order valence-electron chi connectivity index (χ4n) is 6.40. The van der Waals surface area contributed by atoms with Gasteiger partial charge in [-0.3, -0.25) is 9.20 Å². The van der Waals surface area contributed by atoms with Gasteiger partial charge in [0.15, 0.2) is 0 Å². The number of pyridine rings is 1. The first-order valence-corrected chi connectivity index (χ1v) is 9.75. The molecule has 0 aliphatic heterocycles. The normalized spacial score (nSPS) is 33.1. The molecule has 0 aromatic carbocycles. The van der Waals surface area contributed by atoms with E-state index >= 15 is 0 Å². The van der Waals surface area contributed by atoms with Gasteiger partial charge in [0.05, 0.1) is 5.69 Å². The van der Waals surface area contributed by atoms with Gasteiger partial charge in [-0.25, -0.2) is 4.98 Å². The van der Waals surface area contributed by atoms with Crippen LogP contribution in [-0.4, -0.2) is 21.8 Å². The molecular formula is C21H27N3O. The quantitative estimate of drug-likeness (QED) is 0.923. The summed E-state index contributed by atoms with van der Waals surface area (Å²) in [6.07, 6.45) is 10.3. The van der Waals surface area contributed by atoms with Gasteiger partial charge in [0.1, 0.15) is 11.3 Å². The van der Waals surface area contributed by atoms with Crippen molar-refractivity contribution in [3.05, 3.63) is 35.3 Å². The van der Waals surface area contributed by atoms with E-state index in [1.54, 1.807) is 0 Å². The van der Waals surface area contributed by atoms with Gasteiger partial charge in [-0.05, 0) is 87.2 Å². The molecule has 4 aliphatic carbocycles. The molecule has 4 nitrogen and oxygen atoms in total. The standard InChI is InChI=1S/C21H27N3O/c1-13-3-4-18-23-14(2)19(24(18)11-13)20(25)22-12-21-8-15-5-16(9-21)7-17(6-15)10-21/h3-4,11,15-17H,5-10,12H2,1-2H3,(H,22,25). The highest BCUT2D eigenvalue weighted by atomic mass is 16.1. The molecule has 0 atom stereocenters. The first-order chi connectivity index (χ1) is 12.0. The van der Waals surface area contributed by atoms with Crippen LogP contribution in [-0.2, 0) is 0 Å². The van der Waals surface area contributed by atoms with Gasteiger partial charge in [0, 0.05) is 12.7 Å². The van der Waals surface area contributed by atoms with Gasteiger partial charge >= 0.3 is 0 Å². The molecule has 4 aliphatic rings. The summed E-state index contributed by atoms with van der Waals surface area (Å²) < 4.78 is 1.94. The first kappa shape index (κ1) is 15.4. The van der Waals surface area contributed by atoms with Crippen molar-refractivity contribution in [3.8, 4) is 0 Å². The van der Waals surface area contributed by atoms with Crippen molar-refractivity contribution in [2.24, 2.45) is 23.2 Å². The predicted molar refractivity (Wildman–Crippen MR) is 97.6 cm³/mol. The molecule has 4 fully saturated rings. The lowest BCUT2D eigenvalue weighted by Gasteiger charge is -2.56. The number of hydrogen-bond donors (Lipinski definition) is 1. The average molecular weight is 337 g/mol. The van der Waals surface area contributed by atoms with Crippen molar-refractivity contribution >= 4 is 11.6 Å². The lowest BCUT2D eigenvalue weighted by molar-refractivity contribution is -0.0503. The third kappa shape index (κ3) is 2.49. The summed E-state index contributed by atoms with van der Waals surface area (Å²) in [6, 6.07) is 4.02. The Bertz CT molecular complexity index is 815.